The van der Waals surface area contributed by atoms with E-state index in [2.05, 4.69) is 167 Å². The van der Waals surface area contributed by atoms with Crippen LogP contribution in [0.4, 0.5) is 0 Å². The van der Waals surface area contributed by atoms with E-state index in [1.807, 2.05) is 0 Å². The molecule has 0 aliphatic rings. The van der Waals surface area contributed by atoms with Crippen molar-refractivity contribution >= 4 is 7.12 Å². The predicted octanol–water partition coefficient (Wildman–Crippen LogP) is 9.50. The number of rotatable bonds is 9. The molecule has 0 saturated carbocycles. The van der Waals surface area contributed by atoms with Crippen molar-refractivity contribution in [3.8, 4) is 33.8 Å². The first-order chi connectivity index (χ1) is 22.0. The fourth-order valence-electron chi connectivity index (χ4n) is 6.06. The number of hydrogen-bond acceptors (Lipinski definition) is 3. The summed E-state index contributed by atoms with van der Waals surface area (Å²) in [6.07, 6.45) is 0. The van der Waals surface area contributed by atoms with Gasteiger partial charge >= 0.3 is 7.12 Å². The molecule has 0 atom stereocenters. The van der Waals surface area contributed by atoms with Crippen molar-refractivity contribution in [3.05, 3.63) is 125 Å². The molecule has 3 aromatic heterocycles. The fourth-order valence-corrected chi connectivity index (χ4v) is 6.06. The van der Waals surface area contributed by atoms with Gasteiger partial charge in [-0.25, -0.2) is 0 Å². The topological polar surface area (TPSA) is 53.5 Å². The first-order valence-electron chi connectivity index (χ1n) is 16.5. The van der Waals surface area contributed by atoms with Crippen LogP contribution in [-0.4, -0.2) is 36.2 Å². The Labute approximate surface area is 274 Å². The third kappa shape index (κ3) is 6.11. The SMILES string of the molecule is Cc1cc(-c2ccc(C(C)C)cc2)n(B(n2nc(-c3ccc(C(C)C)cc3)cc2C)n2nc(-c3ccc(C(C)C)cc3)cc2C)n1. The Morgan fingerprint density at radius 2 is 0.826 bits per heavy atom. The molecule has 7 heteroatoms. The van der Waals surface area contributed by atoms with Crippen molar-refractivity contribution in [2.24, 2.45) is 0 Å². The molecule has 0 unspecified atom stereocenters. The molecule has 6 nitrogen and oxygen atoms in total. The third-order valence-electron chi connectivity index (χ3n) is 8.98. The van der Waals surface area contributed by atoms with Crippen LogP contribution in [0.1, 0.15) is 93.1 Å². The van der Waals surface area contributed by atoms with E-state index < -0.39 is 7.12 Å². The highest BCUT2D eigenvalue weighted by Crippen LogP contribution is 2.28. The van der Waals surface area contributed by atoms with Crippen molar-refractivity contribution in [2.75, 3.05) is 0 Å². The molecule has 0 radical (unpaired) electrons. The summed E-state index contributed by atoms with van der Waals surface area (Å²) in [4.78, 5) is 0. The maximum atomic E-state index is 5.24. The summed E-state index contributed by atoms with van der Waals surface area (Å²) in [5.74, 6) is 1.42. The Kier molecular flexibility index (Phi) is 8.60. The molecular formula is C39H45BN6. The lowest BCUT2D eigenvalue weighted by atomic mass is 9.91. The van der Waals surface area contributed by atoms with E-state index in [4.69, 9.17) is 15.3 Å². The van der Waals surface area contributed by atoms with Gasteiger partial charge in [0.1, 0.15) is 0 Å². The van der Waals surface area contributed by atoms with E-state index in [1.165, 1.54) is 16.7 Å². The van der Waals surface area contributed by atoms with Crippen LogP contribution in [0.5, 0.6) is 0 Å². The Balaban J connectivity index is 1.51. The van der Waals surface area contributed by atoms with Crippen molar-refractivity contribution in [1.29, 1.82) is 0 Å². The van der Waals surface area contributed by atoms with Crippen molar-refractivity contribution in [3.63, 3.8) is 0 Å². The van der Waals surface area contributed by atoms with Gasteiger partial charge in [-0.2, -0.15) is 15.3 Å². The van der Waals surface area contributed by atoms with Crippen molar-refractivity contribution in [2.45, 2.75) is 80.1 Å². The maximum Gasteiger partial charge on any atom is 0.569 e. The number of aryl methyl sites for hydroxylation is 3. The van der Waals surface area contributed by atoms with Gasteiger partial charge in [0.05, 0.1) is 22.8 Å². The van der Waals surface area contributed by atoms with Crippen LogP contribution in [-0.2, 0) is 0 Å². The zero-order chi connectivity index (χ0) is 32.7. The molecule has 6 rings (SSSR count). The smallest absolute Gasteiger partial charge is 0.265 e. The predicted molar refractivity (Wildman–Crippen MR) is 191 cm³/mol. The van der Waals surface area contributed by atoms with Gasteiger partial charge in [0, 0.05) is 22.5 Å². The fraction of sp³-hybridized carbons (Fsp3) is 0.308. The van der Waals surface area contributed by atoms with E-state index in [-0.39, 0.29) is 0 Å². The van der Waals surface area contributed by atoms with Gasteiger partial charge in [0.25, 0.3) is 0 Å². The zero-order valence-corrected chi connectivity index (χ0v) is 28.7. The van der Waals surface area contributed by atoms with Gasteiger partial charge in [-0.3, -0.25) is 13.8 Å². The molecule has 0 spiro atoms. The average Bonchev–Trinajstić information content (AvgIpc) is 3.74. The van der Waals surface area contributed by atoms with Crippen LogP contribution in [0.25, 0.3) is 33.8 Å². The highest BCUT2D eigenvalue weighted by atomic mass is 15.5. The molecule has 3 heterocycles. The molecular weight excluding hydrogens is 563 g/mol. The molecule has 0 N–H and O–H groups in total. The molecule has 3 aromatic carbocycles. The Bertz CT molecular complexity index is 1840. The molecule has 0 fully saturated rings. The van der Waals surface area contributed by atoms with Crippen molar-refractivity contribution in [1.82, 2.24) is 29.1 Å². The highest BCUT2D eigenvalue weighted by Gasteiger charge is 2.34. The van der Waals surface area contributed by atoms with Crippen LogP contribution in [0.2, 0.25) is 0 Å². The number of hydrogen-bond donors (Lipinski definition) is 0. The quantitative estimate of drug-likeness (QED) is 0.154. The minimum atomic E-state index is -0.458. The molecule has 0 amide bonds. The van der Waals surface area contributed by atoms with Gasteiger partial charge in [-0.05, 0) is 79.0 Å². The summed E-state index contributed by atoms with van der Waals surface area (Å²) in [7, 11) is -0.458. The molecule has 0 aliphatic carbocycles. The molecule has 6 aromatic rings. The number of nitrogens with zero attached hydrogens (tertiary/aromatic N) is 6. The number of benzene rings is 3. The van der Waals surface area contributed by atoms with E-state index in [0.717, 1.165) is 50.9 Å². The van der Waals surface area contributed by atoms with Gasteiger partial charge in [-0.1, -0.05) is 114 Å². The summed E-state index contributed by atoms with van der Waals surface area (Å²) in [5.41, 5.74) is 13.1. The lowest BCUT2D eigenvalue weighted by Crippen LogP contribution is -2.45. The first kappa shape index (κ1) is 31.3. The molecule has 0 aliphatic heterocycles. The lowest BCUT2D eigenvalue weighted by Gasteiger charge is -2.19. The summed E-state index contributed by atoms with van der Waals surface area (Å²) >= 11 is 0. The Hall–Kier alpha value is -4.65. The summed E-state index contributed by atoms with van der Waals surface area (Å²) in [5, 5.41) is 15.6. The highest BCUT2D eigenvalue weighted by molar-refractivity contribution is 6.53. The summed E-state index contributed by atoms with van der Waals surface area (Å²) in [6, 6.07) is 32.8. The molecule has 0 saturated heterocycles. The van der Waals surface area contributed by atoms with Crippen LogP contribution >= 0.6 is 0 Å². The zero-order valence-electron chi connectivity index (χ0n) is 28.7. The van der Waals surface area contributed by atoms with Gasteiger partial charge < -0.3 is 0 Å². The van der Waals surface area contributed by atoms with Crippen molar-refractivity contribution < 1.29 is 0 Å². The van der Waals surface area contributed by atoms with E-state index in [9.17, 15) is 0 Å². The number of aromatic nitrogens is 6. The Morgan fingerprint density at radius 1 is 0.457 bits per heavy atom. The largest absolute Gasteiger partial charge is 0.569 e. The monoisotopic (exact) mass is 608 g/mol. The second-order valence-corrected chi connectivity index (χ2v) is 13.5. The second-order valence-electron chi connectivity index (χ2n) is 13.5. The summed E-state index contributed by atoms with van der Waals surface area (Å²) < 4.78 is 6.21. The van der Waals surface area contributed by atoms with Gasteiger partial charge in [0.15, 0.2) is 0 Å². The Morgan fingerprint density at radius 3 is 1.20 bits per heavy atom. The average molecular weight is 609 g/mol. The minimum Gasteiger partial charge on any atom is -0.265 e. The van der Waals surface area contributed by atoms with Crippen LogP contribution in [0.15, 0.2) is 91.0 Å². The van der Waals surface area contributed by atoms with E-state index in [1.54, 1.807) is 0 Å². The standard InChI is InChI=1S/C39H45BN6/c1-25(2)31-10-16-34(17-11-31)37-23-29(8)44(42-37)40(45-30(9)24-38(43-45)35-18-12-32(13-19-35)26(3)4)46-39(22-28(7)41-46)36-20-14-33(15-21-36)27(5)6/h10-27H,1-9H3. The molecule has 234 valence electrons. The van der Waals surface area contributed by atoms with Crippen LogP contribution in [0.3, 0.4) is 0 Å². The second kappa shape index (κ2) is 12.6. The molecule has 46 heavy (non-hydrogen) atoms. The first-order valence-corrected chi connectivity index (χ1v) is 16.5. The van der Waals surface area contributed by atoms with Gasteiger partial charge in [0.2, 0.25) is 0 Å². The van der Waals surface area contributed by atoms with Crippen LogP contribution < -0.4 is 0 Å². The maximum absolute atomic E-state index is 5.24. The normalized spacial score (nSPS) is 11.7. The van der Waals surface area contributed by atoms with E-state index >= 15 is 0 Å². The minimum absolute atomic E-state index is 0.458. The molecule has 0 bridgehead atoms. The summed E-state index contributed by atoms with van der Waals surface area (Å²) in [6.45, 7) is 19.6. The lowest BCUT2D eigenvalue weighted by molar-refractivity contribution is 0.751. The van der Waals surface area contributed by atoms with Crippen LogP contribution in [0, 0.1) is 20.8 Å². The van der Waals surface area contributed by atoms with E-state index in [0.29, 0.717) is 17.8 Å². The van der Waals surface area contributed by atoms with Gasteiger partial charge in [-0.15, -0.1) is 0 Å². The third-order valence-corrected chi connectivity index (χ3v) is 8.98.